The number of aromatic nitrogens is 1. The van der Waals surface area contributed by atoms with Crippen molar-refractivity contribution in [3.63, 3.8) is 0 Å². The van der Waals surface area contributed by atoms with E-state index in [1.165, 1.54) is 31.3 Å². The van der Waals surface area contributed by atoms with E-state index >= 15 is 0 Å². The third kappa shape index (κ3) is 3.70. The topological polar surface area (TPSA) is 107 Å². The van der Waals surface area contributed by atoms with E-state index in [2.05, 4.69) is 4.98 Å². The van der Waals surface area contributed by atoms with E-state index in [1.54, 1.807) is 0 Å². The molecule has 2 aromatic rings. The highest BCUT2D eigenvalue weighted by molar-refractivity contribution is 7.90. The monoisotopic (exact) mass is 339 g/mol. The molecular formula is C14H14FN3O4S. The fourth-order valence-corrected chi connectivity index (χ4v) is 2.76. The average Bonchev–Trinajstić information content (AvgIpc) is 2.46. The van der Waals surface area contributed by atoms with Crippen LogP contribution in [0.15, 0.2) is 41.4 Å². The first-order valence-electron chi connectivity index (χ1n) is 6.45. The van der Waals surface area contributed by atoms with Crippen LogP contribution in [0, 0.1) is 11.0 Å². The fraction of sp³-hybridized carbons (Fsp3) is 0.143. The van der Waals surface area contributed by atoms with Crippen LogP contribution in [0.4, 0.5) is 21.6 Å². The maximum absolute atomic E-state index is 14.0. The standard InChI is InChI=1S/C14H14FN3O4S/c1-9(19)18(14-7-10(17-20)5-6-16-14)11-3-4-13(12(15)8-11)23(2,21)22/h3-8H,17H2,1-2H3. The van der Waals surface area contributed by atoms with E-state index in [1.807, 2.05) is 0 Å². The number of carbonyl (C=O) groups is 1. The number of carbonyl (C=O) groups excluding carboxylic acids is 1. The summed E-state index contributed by atoms with van der Waals surface area (Å²) < 4.78 is 36.9. The van der Waals surface area contributed by atoms with Gasteiger partial charge < -0.3 is 10.7 Å². The number of rotatable bonds is 4. The average molecular weight is 339 g/mol. The molecular weight excluding hydrogens is 325 g/mol. The maximum Gasteiger partial charge on any atom is 0.229 e. The molecule has 2 N–H and O–H groups in total. The number of amides is 1. The Morgan fingerprint density at radius 1 is 1.30 bits per heavy atom. The molecule has 0 radical (unpaired) electrons. The maximum atomic E-state index is 14.0. The van der Waals surface area contributed by atoms with Crippen molar-refractivity contribution >= 4 is 32.9 Å². The number of benzene rings is 1. The lowest BCUT2D eigenvalue weighted by molar-refractivity contribution is -0.497. The highest BCUT2D eigenvalue weighted by Gasteiger charge is 2.20. The Bertz CT molecular complexity index is 855. The van der Waals surface area contributed by atoms with Crippen molar-refractivity contribution in [2.45, 2.75) is 11.8 Å². The van der Waals surface area contributed by atoms with E-state index in [-0.39, 0.29) is 11.5 Å². The lowest BCUT2D eigenvalue weighted by Gasteiger charge is -2.21. The summed E-state index contributed by atoms with van der Waals surface area (Å²) in [5.41, 5.74) is 1.00. The third-order valence-electron chi connectivity index (χ3n) is 3.02. The normalized spacial score (nSPS) is 11.3. The molecule has 23 heavy (non-hydrogen) atoms. The molecule has 0 spiro atoms. The van der Waals surface area contributed by atoms with Crippen LogP contribution in [0.2, 0.25) is 0 Å². The lowest BCUT2D eigenvalue weighted by Crippen LogP contribution is -2.70. The molecule has 7 nitrogen and oxygen atoms in total. The van der Waals surface area contributed by atoms with Crippen LogP contribution in [0.1, 0.15) is 6.92 Å². The fourth-order valence-electron chi connectivity index (χ4n) is 2.03. The molecule has 0 atom stereocenters. The number of nitrogens with two attached hydrogens (primary N) is 1. The van der Waals surface area contributed by atoms with Gasteiger partial charge in [-0.1, -0.05) is 0 Å². The van der Waals surface area contributed by atoms with E-state index in [0.29, 0.717) is 11.2 Å². The summed E-state index contributed by atoms with van der Waals surface area (Å²) in [5, 5.41) is 10.8. The zero-order valence-electron chi connectivity index (χ0n) is 12.4. The SMILES string of the molecule is CC(=O)N(c1ccc(S(C)(=O)=O)c(F)c1)c1cc([NH2+][O-])ccn1. The zero-order valence-corrected chi connectivity index (χ0v) is 13.2. The number of nitrogens with zero attached hydrogens (tertiary/aromatic N) is 2. The largest absolute Gasteiger partial charge is 0.630 e. The van der Waals surface area contributed by atoms with Crippen LogP contribution in [0.5, 0.6) is 0 Å². The van der Waals surface area contributed by atoms with Gasteiger partial charge in [-0.3, -0.25) is 9.69 Å². The quantitative estimate of drug-likeness (QED) is 0.836. The van der Waals surface area contributed by atoms with Gasteiger partial charge in [0.2, 0.25) is 5.91 Å². The molecule has 1 amide bonds. The molecule has 0 aliphatic rings. The Morgan fingerprint density at radius 3 is 2.52 bits per heavy atom. The van der Waals surface area contributed by atoms with E-state index in [4.69, 9.17) is 0 Å². The number of hydrogen-bond acceptors (Lipinski definition) is 5. The van der Waals surface area contributed by atoms with Crippen LogP contribution >= 0.6 is 0 Å². The minimum absolute atomic E-state index is 0.109. The summed E-state index contributed by atoms with van der Waals surface area (Å²) in [5.74, 6) is -1.30. The number of hydrogen-bond donors (Lipinski definition) is 1. The molecule has 0 bridgehead atoms. The first-order chi connectivity index (χ1) is 10.7. The molecule has 9 heteroatoms. The molecule has 0 unspecified atom stereocenters. The first kappa shape index (κ1) is 17.0. The third-order valence-corrected chi connectivity index (χ3v) is 4.15. The smallest absolute Gasteiger partial charge is 0.229 e. The van der Waals surface area contributed by atoms with Crippen LogP contribution in [-0.4, -0.2) is 25.6 Å². The van der Waals surface area contributed by atoms with E-state index in [0.717, 1.165) is 23.3 Å². The van der Waals surface area contributed by atoms with Gasteiger partial charge in [0.15, 0.2) is 9.84 Å². The summed E-state index contributed by atoms with van der Waals surface area (Å²) in [4.78, 5) is 16.5. The molecule has 1 heterocycles. The molecule has 0 saturated heterocycles. The summed E-state index contributed by atoms with van der Waals surface area (Å²) in [6.07, 6.45) is 2.24. The minimum Gasteiger partial charge on any atom is -0.630 e. The van der Waals surface area contributed by atoms with Crippen LogP contribution in [0.3, 0.4) is 0 Å². The Hall–Kier alpha value is -2.36. The van der Waals surface area contributed by atoms with Crippen molar-refractivity contribution in [1.29, 1.82) is 0 Å². The second-order valence-corrected chi connectivity index (χ2v) is 6.79. The zero-order chi connectivity index (χ0) is 17.2. The Kier molecular flexibility index (Phi) is 4.73. The Labute approximate surface area is 132 Å². The Morgan fingerprint density at radius 2 is 2.00 bits per heavy atom. The number of anilines is 2. The molecule has 0 fully saturated rings. The van der Waals surface area contributed by atoms with Crippen molar-refractivity contribution in [3.8, 4) is 0 Å². The molecule has 0 aliphatic heterocycles. The second-order valence-electron chi connectivity index (χ2n) is 4.81. The number of pyridine rings is 1. The molecule has 122 valence electrons. The summed E-state index contributed by atoms with van der Waals surface area (Å²) in [6, 6.07) is 6.15. The minimum atomic E-state index is -3.71. The van der Waals surface area contributed by atoms with Crippen LogP contribution < -0.4 is 10.4 Å². The highest BCUT2D eigenvalue weighted by atomic mass is 32.2. The Balaban J connectivity index is 2.55. The van der Waals surface area contributed by atoms with Crippen molar-refractivity contribution < 1.29 is 23.1 Å². The number of sulfone groups is 1. The van der Waals surface area contributed by atoms with Crippen molar-refractivity contribution in [1.82, 2.24) is 4.98 Å². The predicted octanol–water partition coefficient (Wildman–Crippen LogP) is 1.00. The first-order valence-corrected chi connectivity index (χ1v) is 8.34. The summed E-state index contributed by atoms with van der Waals surface area (Å²) >= 11 is 0. The summed E-state index contributed by atoms with van der Waals surface area (Å²) in [7, 11) is -3.71. The van der Waals surface area contributed by atoms with Gasteiger partial charge in [-0.15, -0.1) is 0 Å². The second kappa shape index (κ2) is 6.41. The molecule has 0 aliphatic carbocycles. The van der Waals surface area contributed by atoms with E-state index < -0.39 is 26.5 Å². The highest BCUT2D eigenvalue weighted by Crippen LogP contribution is 2.28. The van der Waals surface area contributed by atoms with Gasteiger partial charge in [0, 0.05) is 31.5 Å². The molecule has 1 aromatic heterocycles. The van der Waals surface area contributed by atoms with Gasteiger partial charge in [0.1, 0.15) is 22.2 Å². The van der Waals surface area contributed by atoms with Crippen molar-refractivity contribution in [3.05, 3.63) is 47.6 Å². The molecule has 2 rings (SSSR count). The molecule has 0 saturated carbocycles. The lowest BCUT2D eigenvalue weighted by atomic mass is 10.2. The van der Waals surface area contributed by atoms with Gasteiger partial charge in [0.05, 0.1) is 5.69 Å². The van der Waals surface area contributed by atoms with Crippen LogP contribution in [-0.2, 0) is 14.6 Å². The van der Waals surface area contributed by atoms with Crippen molar-refractivity contribution in [2.75, 3.05) is 11.2 Å². The van der Waals surface area contributed by atoms with Gasteiger partial charge in [-0.2, -0.15) is 0 Å². The predicted molar refractivity (Wildman–Crippen MR) is 81.5 cm³/mol. The van der Waals surface area contributed by atoms with Gasteiger partial charge >= 0.3 is 0 Å². The number of halogens is 1. The van der Waals surface area contributed by atoms with Crippen molar-refractivity contribution in [2.24, 2.45) is 0 Å². The van der Waals surface area contributed by atoms with Gasteiger partial charge in [0.25, 0.3) is 0 Å². The van der Waals surface area contributed by atoms with Gasteiger partial charge in [-0.25, -0.2) is 17.8 Å². The van der Waals surface area contributed by atoms with E-state index in [9.17, 15) is 22.8 Å². The molecule has 1 aromatic carbocycles. The summed E-state index contributed by atoms with van der Waals surface area (Å²) in [6.45, 7) is 1.25. The van der Waals surface area contributed by atoms with Crippen LogP contribution in [0.25, 0.3) is 0 Å². The van der Waals surface area contributed by atoms with Gasteiger partial charge in [-0.05, 0) is 18.2 Å². The number of quaternary nitrogens is 1.